The lowest BCUT2D eigenvalue weighted by molar-refractivity contribution is 0.123. The molecule has 4 aromatic rings. The molecule has 0 bridgehead atoms. The van der Waals surface area contributed by atoms with E-state index in [9.17, 15) is 5.11 Å². The normalized spacial score (nSPS) is 13.1. The maximum absolute atomic E-state index is 10.6. The van der Waals surface area contributed by atoms with Crippen LogP contribution in [0.2, 0.25) is 0 Å². The molecule has 0 aliphatic carbocycles. The zero-order valence-corrected chi connectivity index (χ0v) is 15.1. The molecule has 0 aliphatic rings. The van der Waals surface area contributed by atoms with Crippen LogP contribution in [0.5, 0.6) is 0 Å². The second kappa shape index (κ2) is 6.72. The number of nitrogen functional groups attached to an aromatic ring is 2. The van der Waals surface area contributed by atoms with Crippen LogP contribution in [0.25, 0.3) is 17.2 Å². The van der Waals surface area contributed by atoms with Crippen molar-refractivity contribution in [1.82, 2.24) is 19.6 Å². The van der Waals surface area contributed by atoms with Gasteiger partial charge in [0.15, 0.2) is 17.2 Å². The molecule has 8 nitrogen and oxygen atoms in total. The van der Waals surface area contributed by atoms with Gasteiger partial charge >= 0.3 is 0 Å². The molecule has 0 fully saturated rings. The number of aromatic nitrogens is 4. The van der Waals surface area contributed by atoms with E-state index < -0.39 is 5.60 Å². The van der Waals surface area contributed by atoms with Crippen molar-refractivity contribution in [3.63, 3.8) is 0 Å². The number of furan rings is 1. The van der Waals surface area contributed by atoms with Crippen LogP contribution < -0.4 is 11.5 Å². The predicted molar refractivity (Wildman–Crippen MR) is 105 cm³/mol. The van der Waals surface area contributed by atoms with Gasteiger partial charge in [-0.25, -0.2) is 14.5 Å². The fourth-order valence-electron chi connectivity index (χ4n) is 2.76. The van der Waals surface area contributed by atoms with Gasteiger partial charge in [-0.15, -0.1) is 5.10 Å². The van der Waals surface area contributed by atoms with Gasteiger partial charge in [-0.1, -0.05) is 18.1 Å². The topological polar surface area (TPSA) is 128 Å². The van der Waals surface area contributed by atoms with Crippen molar-refractivity contribution in [3.05, 3.63) is 60.1 Å². The van der Waals surface area contributed by atoms with Gasteiger partial charge in [0, 0.05) is 12.1 Å². The number of benzene rings is 1. The van der Waals surface area contributed by atoms with Crippen molar-refractivity contribution in [2.45, 2.75) is 18.9 Å². The van der Waals surface area contributed by atoms with Crippen molar-refractivity contribution in [2.24, 2.45) is 0 Å². The molecule has 1 aromatic carbocycles. The molecule has 5 N–H and O–H groups in total. The van der Waals surface area contributed by atoms with Crippen LogP contribution in [0, 0.1) is 11.8 Å². The van der Waals surface area contributed by atoms with E-state index in [1.807, 2.05) is 12.1 Å². The Morgan fingerprint density at radius 2 is 1.96 bits per heavy atom. The first-order chi connectivity index (χ1) is 13.4. The smallest absolute Gasteiger partial charge is 0.218 e. The molecule has 0 saturated heterocycles. The molecular weight excluding hydrogens is 356 g/mol. The summed E-state index contributed by atoms with van der Waals surface area (Å²) in [6, 6.07) is 10.8. The molecule has 28 heavy (non-hydrogen) atoms. The Hall–Kier alpha value is -3.83. The quantitative estimate of drug-likeness (QED) is 0.369. The molecule has 140 valence electrons. The third kappa shape index (κ3) is 3.65. The maximum Gasteiger partial charge on any atom is 0.218 e. The SMILES string of the molecule is CC(O)(C#Cc1cn2nc(-c3ccco3)nc2c(N)n1)Cc1ccc(N)cc1. The molecule has 3 heterocycles. The highest BCUT2D eigenvalue weighted by Crippen LogP contribution is 2.19. The highest BCUT2D eigenvalue weighted by Gasteiger charge is 2.18. The Bertz CT molecular complexity index is 1180. The number of hydrogen-bond acceptors (Lipinski definition) is 7. The van der Waals surface area contributed by atoms with Gasteiger partial charge in [-0.3, -0.25) is 0 Å². The van der Waals surface area contributed by atoms with Gasteiger partial charge < -0.3 is 21.0 Å². The molecule has 0 amide bonds. The standard InChI is InChI=1S/C20H18N6O2/c1-20(27,11-13-4-6-14(21)7-5-13)9-8-15-12-26-19(17(22)23-15)24-18(25-26)16-3-2-10-28-16/h2-7,10,12,27H,11,21H2,1H3,(H2,22,23). The lowest BCUT2D eigenvalue weighted by atomic mass is 9.97. The minimum atomic E-state index is -1.25. The number of hydrogen-bond donors (Lipinski definition) is 3. The van der Waals surface area contributed by atoms with Crippen LogP contribution in [0.3, 0.4) is 0 Å². The van der Waals surface area contributed by atoms with Crippen molar-refractivity contribution < 1.29 is 9.52 Å². The van der Waals surface area contributed by atoms with Crippen LogP contribution in [-0.2, 0) is 6.42 Å². The number of rotatable bonds is 3. The second-order valence-corrected chi connectivity index (χ2v) is 6.63. The second-order valence-electron chi connectivity index (χ2n) is 6.63. The van der Waals surface area contributed by atoms with Crippen LogP contribution in [0.4, 0.5) is 11.5 Å². The Morgan fingerprint density at radius 3 is 2.68 bits per heavy atom. The molecule has 0 radical (unpaired) electrons. The minimum Gasteiger partial charge on any atom is -0.461 e. The fraction of sp³-hybridized carbons (Fsp3) is 0.150. The van der Waals surface area contributed by atoms with Crippen molar-refractivity contribution in [3.8, 4) is 23.4 Å². The molecule has 3 aromatic heterocycles. The Balaban J connectivity index is 1.62. The van der Waals surface area contributed by atoms with Gasteiger partial charge in [0.2, 0.25) is 5.82 Å². The van der Waals surface area contributed by atoms with E-state index >= 15 is 0 Å². The molecular formula is C20H18N6O2. The van der Waals surface area contributed by atoms with Gasteiger partial charge in [0.1, 0.15) is 11.3 Å². The molecule has 0 aliphatic heterocycles. The zero-order chi connectivity index (χ0) is 19.7. The summed E-state index contributed by atoms with van der Waals surface area (Å²) in [5.74, 6) is 6.83. The molecule has 0 spiro atoms. The van der Waals surface area contributed by atoms with Crippen molar-refractivity contribution >= 4 is 17.2 Å². The maximum atomic E-state index is 10.6. The first-order valence-electron chi connectivity index (χ1n) is 8.56. The molecule has 4 rings (SSSR count). The third-order valence-electron chi connectivity index (χ3n) is 4.08. The largest absolute Gasteiger partial charge is 0.461 e. The summed E-state index contributed by atoms with van der Waals surface area (Å²) in [4.78, 5) is 8.57. The summed E-state index contributed by atoms with van der Waals surface area (Å²) in [6.45, 7) is 1.64. The van der Waals surface area contributed by atoms with Crippen LogP contribution in [0.15, 0.2) is 53.3 Å². The summed E-state index contributed by atoms with van der Waals surface area (Å²) < 4.78 is 6.81. The highest BCUT2D eigenvalue weighted by atomic mass is 16.3. The number of fused-ring (bicyclic) bond motifs is 1. The first-order valence-corrected chi connectivity index (χ1v) is 8.56. The third-order valence-corrected chi connectivity index (χ3v) is 4.08. The number of anilines is 2. The van der Waals surface area contributed by atoms with E-state index in [4.69, 9.17) is 15.9 Å². The predicted octanol–water partition coefficient (Wildman–Crippen LogP) is 1.89. The van der Waals surface area contributed by atoms with Crippen molar-refractivity contribution in [2.75, 3.05) is 11.5 Å². The van der Waals surface area contributed by atoms with Crippen molar-refractivity contribution in [1.29, 1.82) is 0 Å². The summed E-state index contributed by atoms with van der Waals surface area (Å²) in [6.07, 6.45) is 3.50. The average molecular weight is 374 g/mol. The van der Waals surface area contributed by atoms with E-state index in [-0.39, 0.29) is 5.82 Å². The molecule has 8 heteroatoms. The van der Waals surface area contributed by atoms with Gasteiger partial charge in [-0.05, 0) is 42.7 Å². The van der Waals surface area contributed by atoms with Gasteiger partial charge in [-0.2, -0.15) is 0 Å². The van der Waals surface area contributed by atoms with Gasteiger partial charge in [0.25, 0.3) is 0 Å². The van der Waals surface area contributed by atoms with E-state index in [2.05, 4.69) is 26.9 Å². The number of nitrogens with two attached hydrogens (primary N) is 2. The Kier molecular flexibility index (Phi) is 4.22. The Labute approximate surface area is 160 Å². The first kappa shape index (κ1) is 17.6. The average Bonchev–Trinajstić information content (AvgIpc) is 3.31. The van der Waals surface area contributed by atoms with E-state index in [1.54, 1.807) is 43.6 Å². The van der Waals surface area contributed by atoms with Crippen LogP contribution in [-0.4, -0.2) is 30.3 Å². The molecule has 1 unspecified atom stereocenters. The van der Waals surface area contributed by atoms with E-state index in [1.165, 1.54) is 4.52 Å². The Morgan fingerprint density at radius 1 is 1.18 bits per heavy atom. The lowest BCUT2D eigenvalue weighted by Crippen LogP contribution is -2.24. The number of nitrogens with zero attached hydrogens (tertiary/aromatic N) is 4. The van der Waals surface area contributed by atoms with E-state index in [0.717, 1.165) is 5.56 Å². The number of aliphatic hydroxyl groups is 1. The summed E-state index contributed by atoms with van der Waals surface area (Å²) in [7, 11) is 0. The minimum absolute atomic E-state index is 0.190. The van der Waals surface area contributed by atoms with Crippen LogP contribution in [0.1, 0.15) is 18.2 Å². The zero-order valence-electron chi connectivity index (χ0n) is 15.1. The van der Waals surface area contributed by atoms with Crippen LogP contribution >= 0.6 is 0 Å². The molecule has 1 atom stereocenters. The van der Waals surface area contributed by atoms with Gasteiger partial charge in [0.05, 0.1) is 12.5 Å². The molecule has 0 saturated carbocycles. The lowest BCUT2D eigenvalue weighted by Gasteiger charge is -2.16. The monoisotopic (exact) mass is 374 g/mol. The van der Waals surface area contributed by atoms with E-state index in [0.29, 0.717) is 35.0 Å². The summed E-state index contributed by atoms with van der Waals surface area (Å²) in [5.41, 5.74) is 12.8. The summed E-state index contributed by atoms with van der Waals surface area (Å²) >= 11 is 0. The summed E-state index contributed by atoms with van der Waals surface area (Å²) in [5, 5.41) is 14.9. The fourth-order valence-corrected chi connectivity index (χ4v) is 2.76. The highest BCUT2D eigenvalue weighted by molar-refractivity contribution is 5.64.